The Labute approximate surface area is 93.4 Å². The summed E-state index contributed by atoms with van der Waals surface area (Å²) in [6.07, 6.45) is 0.0829. The summed E-state index contributed by atoms with van der Waals surface area (Å²) in [6, 6.07) is 8.57. The molecular weight excluding hydrogens is 209 g/mol. The van der Waals surface area contributed by atoms with E-state index in [1.165, 1.54) is 6.07 Å². The van der Waals surface area contributed by atoms with E-state index in [0.717, 1.165) is 0 Å². The van der Waals surface area contributed by atoms with Gasteiger partial charge in [0.2, 0.25) is 0 Å². The monoisotopic (exact) mass is 221 g/mol. The molecule has 1 saturated heterocycles. The highest BCUT2D eigenvalue weighted by Crippen LogP contribution is 2.19. The molecule has 1 aliphatic rings. The molecule has 1 aliphatic heterocycles. The van der Waals surface area contributed by atoms with Crippen molar-refractivity contribution in [1.29, 1.82) is 5.26 Å². The number of nitriles is 1. The van der Waals surface area contributed by atoms with E-state index in [1.807, 2.05) is 6.07 Å². The molecule has 84 valence electrons. The zero-order valence-corrected chi connectivity index (χ0v) is 8.73. The zero-order chi connectivity index (χ0) is 11.4. The van der Waals surface area contributed by atoms with E-state index >= 15 is 0 Å². The number of hydrogen-bond donors (Lipinski definition) is 0. The first-order valence-electron chi connectivity index (χ1n) is 5.17. The molecule has 0 aliphatic carbocycles. The van der Waals surface area contributed by atoms with Gasteiger partial charge in [0.1, 0.15) is 5.82 Å². The predicted molar refractivity (Wildman–Crippen MR) is 54.9 cm³/mol. The van der Waals surface area contributed by atoms with Gasteiger partial charge in [0.25, 0.3) is 0 Å². The molecule has 1 aromatic carbocycles. The van der Waals surface area contributed by atoms with Gasteiger partial charge < -0.3 is 9.47 Å². The second kappa shape index (κ2) is 5.06. The van der Waals surface area contributed by atoms with Crippen molar-refractivity contribution in [2.24, 2.45) is 0 Å². The van der Waals surface area contributed by atoms with Gasteiger partial charge in [-0.15, -0.1) is 0 Å². The minimum atomic E-state index is -0.435. The van der Waals surface area contributed by atoms with Gasteiger partial charge in [0, 0.05) is 6.42 Å². The quantitative estimate of drug-likeness (QED) is 0.784. The molecule has 1 heterocycles. The lowest BCUT2D eigenvalue weighted by Gasteiger charge is -2.10. The van der Waals surface area contributed by atoms with Crippen LogP contribution in [-0.4, -0.2) is 19.0 Å². The standard InChI is InChI=1S/C12H12FNO2/c13-11-4-2-1-3-9(11)7-12-15-8-10(16-12)5-6-14/h1-4,10,12H,5,7-8H2. The Hall–Kier alpha value is -1.44. The Bertz CT molecular complexity index is 402. The highest BCUT2D eigenvalue weighted by Gasteiger charge is 2.26. The van der Waals surface area contributed by atoms with Crippen molar-refractivity contribution < 1.29 is 13.9 Å². The van der Waals surface area contributed by atoms with Crippen LogP contribution in [-0.2, 0) is 15.9 Å². The van der Waals surface area contributed by atoms with E-state index in [0.29, 0.717) is 25.0 Å². The van der Waals surface area contributed by atoms with Crippen LogP contribution in [0.15, 0.2) is 24.3 Å². The molecule has 4 heteroatoms. The van der Waals surface area contributed by atoms with E-state index < -0.39 is 6.29 Å². The van der Waals surface area contributed by atoms with Crippen LogP contribution in [0.5, 0.6) is 0 Å². The predicted octanol–water partition coefficient (Wildman–Crippen LogP) is 2.02. The minimum absolute atomic E-state index is 0.179. The van der Waals surface area contributed by atoms with Crippen LogP contribution in [0.3, 0.4) is 0 Å². The van der Waals surface area contributed by atoms with Crippen molar-refractivity contribution >= 4 is 0 Å². The maximum Gasteiger partial charge on any atom is 0.162 e. The second-order valence-corrected chi connectivity index (χ2v) is 3.68. The van der Waals surface area contributed by atoms with E-state index in [1.54, 1.807) is 18.2 Å². The highest BCUT2D eigenvalue weighted by molar-refractivity contribution is 5.17. The van der Waals surface area contributed by atoms with E-state index in [4.69, 9.17) is 14.7 Å². The van der Waals surface area contributed by atoms with E-state index in [2.05, 4.69) is 0 Å². The zero-order valence-electron chi connectivity index (χ0n) is 8.73. The first-order chi connectivity index (χ1) is 7.79. The molecule has 2 atom stereocenters. The topological polar surface area (TPSA) is 42.2 Å². The van der Waals surface area contributed by atoms with E-state index in [-0.39, 0.29) is 11.9 Å². The molecule has 16 heavy (non-hydrogen) atoms. The average Bonchev–Trinajstić information content (AvgIpc) is 2.70. The maximum absolute atomic E-state index is 13.3. The first kappa shape index (κ1) is 11.1. The third-order valence-electron chi connectivity index (χ3n) is 2.48. The largest absolute Gasteiger partial charge is 0.350 e. The fourth-order valence-corrected chi connectivity index (χ4v) is 1.67. The smallest absolute Gasteiger partial charge is 0.162 e. The third kappa shape index (κ3) is 2.57. The molecule has 0 bridgehead atoms. The van der Waals surface area contributed by atoms with Crippen molar-refractivity contribution in [2.45, 2.75) is 25.2 Å². The summed E-state index contributed by atoms with van der Waals surface area (Å²) in [7, 11) is 0. The molecule has 0 saturated carbocycles. The maximum atomic E-state index is 13.3. The summed E-state index contributed by atoms with van der Waals surface area (Å²) in [6.45, 7) is 0.409. The summed E-state index contributed by atoms with van der Waals surface area (Å²) in [5, 5.41) is 8.50. The van der Waals surface area contributed by atoms with Crippen molar-refractivity contribution in [1.82, 2.24) is 0 Å². The van der Waals surface area contributed by atoms with Crippen LogP contribution >= 0.6 is 0 Å². The van der Waals surface area contributed by atoms with Crippen molar-refractivity contribution in [3.63, 3.8) is 0 Å². The van der Waals surface area contributed by atoms with Crippen LogP contribution in [0, 0.1) is 17.1 Å². The molecule has 0 amide bonds. The number of halogens is 1. The van der Waals surface area contributed by atoms with Gasteiger partial charge in [0.05, 0.1) is 25.2 Å². The number of nitrogens with zero attached hydrogens (tertiary/aromatic N) is 1. The van der Waals surface area contributed by atoms with Crippen LogP contribution in [0.4, 0.5) is 4.39 Å². The van der Waals surface area contributed by atoms with Crippen molar-refractivity contribution in [2.75, 3.05) is 6.61 Å². The fraction of sp³-hybridized carbons (Fsp3) is 0.417. The summed E-state index contributed by atoms with van der Waals surface area (Å²) in [5.74, 6) is -0.251. The average molecular weight is 221 g/mol. The lowest BCUT2D eigenvalue weighted by molar-refractivity contribution is -0.0553. The van der Waals surface area contributed by atoms with Gasteiger partial charge in [-0.25, -0.2) is 4.39 Å². The third-order valence-corrected chi connectivity index (χ3v) is 2.48. The lowest BCUT2D eigenvalue weighted by atomic mass is 10.1. The molecule has 0 aromatic heterocycles. The Morgan fingerprint density at radius 1 is 1.44 bits per heavy atom. The fourth-order valence-electron chi connectivity index (χ4n) is 1.67. The summed E-state index contributed by atoms with van der Waals surface area (Å²) >= 11 is 0. The number of ether oxygens (including phenoxy) is 2. The van der Waals surface area contributed by atoms with Crippen molar-refractivity contribution in [3.05, 3.63) is 35.6 Å². The SMILES string of the molecule is N#CCC1COC(Cc2ccccc2F)O1. The van der Waals surface area contributed by atoms with Crippen LogP contribution in [0.2, 0.25) is 0 Å². The number of benzene rings is 1. The van der Waals surface area contributed by atoms with Gasteiger partial charge in [-0.05, 0) is 11.6 Å². The summed E-state index contributed by atoms with van der Waals surface area (Å²) in [4.78, 5) is 0. The second-order valence-electron chi connectivity index (χ2n) is 3.68. The molecule has 3 nitrogen and oxygen atoms in total. The Morgan fingerprint density at radius 2 is 2.25 bits per heavy atom. The minimum Gasteiger partial charge on any atom is -0.350 e. The van der Waals surface area contributed by atoms with Crippen molar-refractivity contribution in [3.8, 4) is 6.07 Å². The van der Waals surface area contributed by atoms with Gasteiger partial charge >= 0.3 is 0 Å². The van der Waals surface area contributed by atoms with Crippen LogP contribution < -0.4 is 0 Å². The Kier molecular flexibility index (Phi) is 3.50. The number of hydrogen-bond acceptors (Lipinski definition) is 3. The van der Waals surface area contributed by atoms with Gasteiger partial charge in [0.15, 0.2) is 6.29 Å². The Balaban J connectivity index is 1.93. The summed E-state index contributed by atoms with van der Waals surface area (Å²) < 4.78 is 24.1. The van der Waals surface area contributed by atoms with E-state index in [9.17, 15) is 4.39 Å². The molecule has 2 rings (SSSR count). The Morgan fingerprint density at radius 3 is 3.00 bits per heavy atom. The van der Waals surface area contributed by atoms with Crippen LogP contribution in [0.25, 0.3) is 0 Å². The van der Waals surface area contributed by atoms with Gasteiger partial charge in [-0.1, -0.05) is 18.2 Å². The number of rotatable bonds is 3. The molecular formula is C12H12FNO2. The summed E-state index contributed by atoms with van der Waals surface area (Å²) in [5.41, 5.74) is 0.574. The molecule has 2 unspecified atom stereocenters. The molecule has 0 radical (unpaired) electrons. The lowest BCUT2D eigenvalue weighted by Crippen LogP contribution is -2.14. The molecule has 1 fully saturated rings. The first-order valence-corrected chi connectivity index (χ1v) is 5.17. The van der Waals surface area contributed by atoms with Crippen LogP contribution in [0.1, 0.15) is 12.0 Å². The molecule has 0 N–H and O–H groups in total. The molecule has 1 aromatic rings. The van der Waals surface area contributed by atoms with Gasteiger partial charge in [-0.2, -0.15) is 5.26 Å². The molecule has 0 spiro atoms. The van der Waals surface area contributed by atoms with Gasteiger partial charge in [-0.3, -0.25) is 0 Å². The normalized spacial score (nSPS) is 24.2. The highest BCUT2D eigenvalue weighted by atomic mass is 19.1.